The fraction of sp³-hybridized carbons (Fsp3) is 0.208. The molecule has 0 spiro atoms. The van der Waals surface area contributed by atoms with Gasteiger partial charge >= 0.3 is 0 Å². The second-order valence-corrected chi connectivity index (χ2v) is 7.25. The van der Waals surface area contributed by atoms with Gasteiger partial charge in [-0.2, -0.15) is 10.5 Å². The Labute approximate surface area is 175 Å². The molecule has 0 fully saturated rings. The number of nitrogens with zero attached hydrogens (tertiary/aromatic N) is 5. The lowest BCUT2D eigenvalue weighted by molar-refractivity contribution is 0.654. The maximum absolute atomic E-state index is 9.79. The highest BCUT2D eigenvalue weighted by Crippen LogP contribution is 2.41. The number of fused-ring (bicyclic) bond motifs is 3. The number of furan rings is 1. The lowest BCUT2D eigenvalue weighted by Gasteiger charge is -2.30. The van der Waals surface area contributed by atoms with Gasteiger partial charge < -0.3 is 14.2 Å². The Kier molecular flexibility index (Phi) is 4.77. The van der Waals surface area contributed by atoms with E-state index in [9.17, 15) is 10.5 Å². The maximum atomic E-state index is 9.79. The molecule has 30 heavy (non-hydrogen) atoms. The summed E-state index contributed by atoms with van der Waals surface area (Å²) in [4.78, 5) is 8.27. The van der Waals surface area contributed by atoms with E-state index in [0.717, 1.165) is 33.3 Å². The first kappa shape index (κ1) is 19.3. The highest BCUT2D eigenvalue weighted by atomic mass is 16.3. The van der Waals surface area contributed by atoms with Gasteiger partial charge in [0.15, 0.2) is 0 Å². The van der Waals surface area contributed by atoms with Crippen LogP contribution in [0.15, 0.2) is 47.0 Å². The molecule has 0 radical (unpaired) electrons. The molecule has 2 aromatic carbocycles. The van der Waals surface area contributed by atoms with Crippen LogP contribution in [-0.2, 0) is 0 Å². The summed E-state index contributed by atoms with van der Waals surface area (Å²) in [5, 5.41) is 21.4. The number of nitriles is 2. The monoisotopic (exact) mass is 395 g/mol. The highest BCUT2D eigenvalue weighted by Gasteiger charge is 2.22. The summed E-state index contributed by atoms with van der Waals surface area (Å²) in [5.74, 6) is 0. The molecular formula is C24H21N5O. The fourth-order valence-corrected chi connectivity index (χ4v) is 3.88. The topological polar surface area (TPSA) is 80.1 Å². The smallest absolute Gasteiger partial charge is 0.227 e. The van der Waals surface area contributed by atoms with Crippen molar-refractivity contribution < 1.29 is 4.42 Å². The predicted octanol–water partition coefficient (Wildman–Crippen LogP) is 5.26. The molecule has 6 heteroatoms. The van der Waals surface area contributed by atoms with E-state index in [2.05, 4.69) is 23.2 Å². The second kappa shape index (κ2) is 7.42. The van der Waals surface area contributed by atoms with Crippen molar-refractivity contribution >= 4 is 39.1 Å². The summed E-state index contributed by atoms with van der Waals surface area (Å²) in [6.45, 7) is 4.75. The van der Waals surface area contributed by atoms with Gasteiger partial charge in [0.25, 0.3) is 0 Å². The minimum Gasteiger partial charge on any atom is -0.438 e. The lowest BCUT2D eigenvalue weighted by atomic mass is 10.0. The van der Waals surface area contributed by atoms with Gasteiger partial charge in [-0.05, 0) is 49.7 Å². The Balaban J connectivity index is 1.97. The van der Waals surface area contributed by atoms with E-state index in [1.54, 1.807) is 18.3 Å². The molecule has 0 aliphatic heterocycles. The van der Waals surface area contributed by atoms with Crippen molar-refractivity contribution in [3.8, 4) is 12.1 Å². The molecule has 0 aliphatic rings. The van der Waals surface area contributed by atoms with E-state index in [4.69, 9.17) is 4.42 Å². The lowest BCUT2D eigenvalue weighted by Crippen LogP contribution is -2.23. The van der Waals surface area contributed by atoms with Gasteiger partial charge in [0.05, 0.1) is 22.5 Å². The molecule has 6 nitrogen and oxygen atoms in total. The first-order valence-corrected chi connectivity index (χ1v) is 9.70. The van der Waals surface area contributed by atoms with Crippen LogP contribution in [0.25, 0.3) is 22.1 Å². The zero-order chi connectivity index (χ0) is 21.4. The Morgan fingerprint density at radius 3 is 2.37 bits per heavy atom. The van der Waals surface area contributed by atoms with Crippen molar-refractivity contribution in [2.75, 3.05) is 30.4 Å². The normalized spacial score (nSPS) is 10.7. The average Bonchev–Trinajstić information content (AvgIpc) is 3.13. The number of benzene rings is 2. The standard InChI is InChI=1S/C24H21N5O/c1-5-28(3)22-16(13-25)8-9-17(14-26)23(22)29(4)20-12-21-19(11-15(20)2)18-7-6-10-27-24(18)30-21/h6-12H,5H2,1-4H3. The molecule has 2 aromatic heterocycles. The molecule has 0 atom stereocenters. The Hall–Kier alpha value is -4.03. The Morgan fingerprint density at radius 1 is 1.00 bits per heavy atom. The maximum Gasteiger partial charge on any atom is 0.227 e. The van der Waals surface area contributed by atoms with Crippen LogP contribution in [-0.4, -0.2) is 25.6 Å². The fourth-order valence-electron chi connectivity index (χ4n) is 3.88. The Bertz CT molecular complexity index is 1360. The largest absolute Gasteiger partial charge is 0.438 e. The molecule has 148 valence electrons. The highest BCUT2D eigenvalue weighted by molar-refractivity contribution is 6.05. The molecule has 4 rings (SSSR count). The average molecular weight is 395 g/mol. The third-order valence-corrected chi connectivity index (χ3v) is 5.51. The summed E-state index contributed by atoms with van der Waals surface area (Å²) < 4.78 is 5.97. The predicted molar refractivity (Wildman–Crippen MR) is 119 cm³/mol. The quantitative estimate of drug-likeness (QED) is 0.469. The van der Waals surface area contributed by atoms with Gasteiger partial charge in [-0.15, -0.1) is 0 Å². The third-order valence-electron chi connectivity index (χ3n) is 5.51. The van der Waals surface area contributed by atoms with Crippen LogP contribution in [0.3, 0.4) is 0 Å². The number of hydrogen-bond acceptors (Lipinski definition) is 6. The number of aryl methyl sites for hydroxylation is 1. The first-order chi connectivity index (χ1) is 14.5. The van der Waals surface area contributed by atoms with E-state index in [1.165, 1.54) is 0 Å². The second-order valence-electron chi connectivity index (χ2n) is 7.25. The zero-order valence-corrected chi connectivity index (χ0v) is 17.4. The van der Waals surface area contributed by atoms with E-state index in [-0.39, 0.29) is 0 Å². The molecule has 0 bridgehead atoms. The van der Waals surface area contributed by atoms with E-state index in [0.29, 0.717) is 29.1 Å². The molecular weight excluding hydrogens is 374 g/mol. The summed E-state index contributed by atoms with van der Waals surface area (Å²) >= 11 is 0. The summed E-state index contributed by atoms with van der Waals surface area (Å²) in [5.41, 5.74) is 5.76. The number of rotatable bonds is 4. The molecule has 0 N–H and O–H groups in total. The van der Waals surface area contributed by atoms with E-state index >= 15 is 0 Å². The first-order valence-electron chi connectivity index (χ1n) is 9.70. The third kappa shape index (κ3) is 2.91. The van der Waals surface area contributed by atoms with Crippen LogP contribution < -0.4 is 9.80 Å². The van der Waals surface area contributed by atoms with E-state index in [1.807, 2.05) is 55.9 Å². The number of aromatic nitrogens is 1. The van der Waals surface area contributed by atoms with Crippen LogP contribution >= 0.6 is 0 Å². The van der Waals surface area contributed by atoms with Crippen LogP contribution in [0.5, 0.6) is 0 Å². The van der Waals surface area contributed by atoms with Gasteiger partial charge in [-0.1, -0.05) is 0 Å². The van der Waals surface area contributed by atoms with Crippen molar-refractivity contribution in [1.29, 1.82) is 10.5 Å². The van der Waals surface area contributed by atoms with Crippen molar-refractivity contribution in [2.45, 2.75) is 13.8 Å². The minimum absolute atomic E-state index is 0.512. The number of hydrogen-bond donors (Lipinski definition) is 0. The molecule has 0 aliphatic carbocycles. The van der Waals surface area contributed by atoms with Gasteiger partial charge in [0.1, 0.15) is 17.7 Å². The van der Waals surface area contributed by atoms with Gasteiger partial charge in [0, 0.05) is 49.4 Å². The molecule has 0 saturated heterocycles. The van der Waals surface area contributed by atoms with Crippen molar-refractivity contribution in [2.24, 2.45) is 0 Å². The molecule has 0 saturated carbocycles. The minimum atomic E-state index is 0.512. The van der Waals surface area contributed by atoms with Crippen molar-refractivity contribution in [3.05, 3.63) is 59.3 Å². The van der Waals surface area contributed by atoms with Crippen molar-refractivity contribution in [1.82, 2.24) is 4.98 Å². The molecule has 0 amide bonds. The summed E-state index contributed by atoms with van der Waals surface area (Å²) in [6.07, 6.45) is 1.71. The number of pyridine rings is 1. The zero-order valence-electron chi connectivity index (χ0n) is 17.4. The number of anilines is 3. The van der Waals surface area contributed by atoms with Crippen molar-refractivity contribution in [3.63, 3.8) is 0 Å². The van der Waals surface area contributed by atoms with Crippen LogP contribution in [0.4, 0.5) is 17.1 Å². The SMILES string of the molecule is CCN(C)c1c(C#N)ccc(C#N)c1N(C)c1cc2oc3ncccc3c2cc1C. The van der Waals surface area contributed by atoms with Gasteiger partial charge in [0.2, 0.25) is 5.71 Å². The summed E-state index contributed by atoms with van der Waals surface area (Å²) in [7, 11) is 3.84. The molecule has 4 aromatic rings. The van der Waals surface area contributed by atoms with Crippen LogP contribution in [0.2, 0.25) is 0 Å². The van der Waals surface area contributed by atoms with E-state index < -0.39 is 0 Å². The van der Waals surface area contributed by atoms with Crippen LogP contribution in [0, 0.1) is 29.6 Å². The molecule has 0 unspecified atom stereocenters. The van der Waals surface area contributed by atoms with Gasteiger partial charge in [-0.25, -0.2) is 4.98 Å². The molecule has 2 heterocycles. The summed E-state index contributed by atoms with van der Waals surface area (Å²) in [6, 6.07) is 15.9. The van der Waals surface area contributed by atoms with Crippen LogP contribution in [0.1, 0.15) is 23.6 Å². The van der Waals surface area contributed by atoms with Gasteiger partial charge in [-0.3, -0.25) is 0 Å². The Morgan fingerprint density at radius 2 is 1.70 bits per heavy atom.